The highest BCUT2D eigenvalue weighted by atomic mass is 16.4. The SMILES string of the molecule is CC.CC.CC.CC(=O)C(C)(C)CC(C)(C)NC(=O)CC(C)C(=O)O. The van der Waals surface area contributed by atoms with Gasteiger partial charge in [0.2, 0.25) is 5.91 Å². The van der Waals surface area contributed by atoms with Crippen LogP contribution in [0.5, 0.6) is 0 Å². The molecule has 0 aliphatic heterocycles. The molecule has 0 fully saturated rings. The molecule has 1 atom stereocenters. The summed E-state index contributed by atoms with van der Waals surface area (Å²) in [6, 6.07) is 0. The minimum atomic E-state index is -0.989. The Morgan fingerprint density at radius 3 is 1.56 bits per heavy atom. The molecular weight excluding hydrogens is 318 g/mol. The fraction of sp³-hybridized carbons (Fsp3) is 0.850. The van der Waals surface area contributed by atoms with Gasteiger partial charge in [0.25, 0.3) is 0 Å². The minimum absolute atomic E-state index is 0.0563. The van der Waals surface area contributed by atoms with Crippen LogP contribution in [0.15, 0.2) is 0 Å². The van der Waals surface area contributed by atoms with E-state index in [1.807, 2.05) is 69.2 Å². The van der Waals surface area contributed by atoms with Crippen molar-refractivity contribution < 1.29 is 19.5 Å². The molecule has 1 amide bonds. The van der Waals surface area contributed by atoms with Gasteiger partial charge < -0.3 is 10.4 Å². The van der Waals surface area contributed by atoms with Crippen molar-refractivity contribution in [2.45, 2.75) is 101 Å². The molecule has 0 radical (unpaired) electrons. The summed E-state index contributed by atoms with van der Waals surface area (Å²) in [5.41, 5.74) is -1.07. The Labute approximate surface area is 156 Å². The molecule has 1 unspecified atom stereocenters. The molecule has 0 heterocycles. The molecule has 0 aromatic heterocycles. The second-order valence-electron chi connectivity index (χ2n) is 6.49. The summed E-state index contributed by atoms with van der Waals surface area (Å²) in [4.78, 5) is 34.0. The third-order valence-corrected chi connectivity index (χ3v) is 3.23. The molecule has 5 heteroatoms. The van der Waals surface area contributed by atoms with Gasteiger partial charge >= 0.3 is 5.97 Å². The number of Topliss-reactive ketones (excluding diaryl/α,β-unsaturated/α-hetero) is 1. The number of hydrogen-bond donors (Lipinski definition) is 2. The quantitative estimate of drug-likeness (QED) is 0.662. The van der Waals surface area contributed by atoms with E-state index >= 15 is 0 Å². The van der Waals surface area contributed by atoms with Crippen LogP contribution in [0.2, 0.25) is 0 Å². The molecule has 25 heavy (non-hydrogen) atoms. The van der Waals surface area contributed by atoms with Crippen LogP contribution in [0.1, 0.15) is 95.9 Å². The zero-order valence-electron chi connectivity index (χ0n) is 18.7. The average Bonchev–Trinajstić information content (AvgIpc) is 2.51. The molecule has 0 spiro atoms. The van der Waals surface area contributed by atoms with Crippen molar-refractivity contribution >= 4 is 17.7 Å². The second-order valence-corrected chi connectivity index (χ2v) is 6.49. The third kappa shape index (κ3) is 17.2. The maximum Gasteiger partial charge on any atom is 0.306 e. The van der Waals surface area contributed by atoms with Crippen LogP contribution < -0.4 is 5.32 Å². The predicted octanol–water partition coefficient (Wildman–Crippen LogP) is 5.08. The van der Waals surface area contributed by atoms with Gasteiger partial charge in [-0.25, -0.2) is 0 Å². The smallest absolute Gasteiger partial charge is 0.306 e. The Bertz CT molecular complexity index is 374. The second kappa shape index (κ2) is 16.1. The van der Waals surface area contributed by atoms with Gasteiger partial charge in [-0.1, -0.05) is 62.3 Å². The van der Waals surface area contributed by atoms with Crippen LogP contribution in [-0.4, -0.2) is 28.3 Å². The van der Waals surface area contributed by atoms with E-state index in [0.29, 0.717) is 6.42 Å². The average molecular weight is 362 g/mol. The summed E-state index contributed by atoms with van der Waals surface area (Å²) in [6.45, 7) is 22.4. The Morgan fingerprint density at radius 2 is 1.28 bits per heavy atom. The summed E-state index contributed by atoms with van der Waals surface area (Å²) >= 11 is 0. The minimum Gasteiger partial charge on any atom is -0.481 e. The normalized spacial score (nSPS) is 11.2. The van der Waals surface area contributed by atoms with Gasteiger partial charge in [-0.2, -0.15) is 0 Å². The molecule has 0 aromatic rings. The van der Waals surface area contributed by atoms with E-state index < -0.39 is 22.8 Å². The van der Waals surface area contributed by atoms with Gasteiger partial charge in [-0.15, -0.1) is 0 Å². The van der Waals surface area contributed by atoms with Crippen molar-refractivity contribution in [1.82, 2.24) is 5.32 Å². The number of rotatable bonds is 7. The first-order valence-electron chi connectivity index (χ1n) is 9.42. The molecule has 0 saturated carbocycles. The fourth-order valence-electron chi connectivity index (χ4n) is 2.07. The summed E-state index contributed by atoms with van der Waals surface area (Å²) < 4.78 is 0. The maximum atomic E-state index is 11.8. The number of hydrogen-bond acceptors (Lipinski definition) is 3. The van der Waals surface area contributed by atoms with E-state index in [2.05, 4.69) is 5.32 Å². The van der Waals surface area contributed by atoms with Crippen LogP contribution >= 0.6 is 0 Å². The van der Waals surface area contributed by atoms with Gasteiger partial charge in [0, 0.05) is 17.4 Å². The number of carboxylic acids is 1. The number of nitrogens with one attached hydrogen (secondary N) is 1. The fourth-order valence-corrected chi connectivity index (χ4v) is 2.07. The molecule has 152 valence electrons. The molecule has 0 bridgehead atoms. The third-order valence-electron chi connectivity index (χ3n) is 3.23. The van der Waals surface area contributed by atoms with Crippen LogP contribution in [0.25, 0.3) is 0 Å². The van der Waals surface area contributed by atoms with Crippen LogP contribution in [0.4, 0.5) is 0 Å². The van der Waals surface area contributed by atoms with Crippen LogP contribution in [0, 0.1) is 11.3 Å². The van der Waals surface area contributed by atoms with Crippen molar-refractivity contribution in [3.05, 3.63) is 0 Å². The monoisotopic (exact) mass is 361 g/mol. The van der Waals surface area contributed by atoms with Crippen molar-refractivity contribution in [2.75, 3.05) is 0 Å². The van der Waals surface area contributed by atoms with Gasteiger partial charge in [-0.05, 0) is 27.2 Å². The maximum absolute atomic E-state index is 11.8. The highest BCUT2D eigenvalue weighted by molar-refractivity contribution is 5.83. The highest BCUT2D eigenvalue weighted by Crippen LogP contribution is 2.28. The van der Waals surface area contributed by atoms with E-state index in [-0.39, 0.29) is 18.1 Å². The summed E-state index contributed by atoms with van der Waals surface area (Å²) in [5.74, 6) is -1.94. The van der Waals surface area contributed by atoms with E-state index in [4.69, 9.17) is 5.11 Å². The van der Waals surface area contributed by atoms with Crippen molar-refractivity contribution in [2.24, 2.45) is 11.3 Å². The molecule has 2 N–H and O–H groups in total. The van der Waals surface area contributed by atoms with E-state index in [1.165, 1.54) is 13.8 Å². The lowest BCUT2D eigenvalue weighted by atomic mass is 9.77. The molecular formula is C20H43NO4. The lowest BCUT2D eigenvalue weighted by Crippen LogP contribution is -2.48. The zero-order valence-corrected chi connectivity index (χ0v) is 18.7. The van der Waals surface area contributed by atoms with E-state index in [1.54, 1.807) is 0 Å². The summed E-state index contributed by atoms with van der Waals surface area (Å²) in [7, 11) is 0. The van der Waals surface area contributed by atoms with Crippen LogP contribution in [-0.2, 0) is 14.4 Å². The number of carbonyl (C=O) groups excluding carboxylic acids is 2. The first-order valence-corrected chi connectivity index (χ1v) is 9.42. The lowest BCUT2D eigenvalue weighted by molar-refractivity contribution is -0.143. The number of carboxylic acid groups (broad SMARTS) is 1. The number of ketones is 1. The number of carbonyl (C=O) groups is 3. The Balaban J connectivity index is -0.000000329. The molecule has 0 aliphatic carbocycles. The first-order chi connectivity index (χ1) is 11.4. The summed E-state index contributed by atoms with van der Waals surface area (Å²) in [5, 5.41) is 11.6. The van der Waals surface area contributed by atoms with E-state index in [0.717, 1.165) is 0 Å². The Hall–Kier alpha value is -1.39. The van der Waals surface area contributed by atoms with Gasteiger partial charge in [-0.3, -0.25) is 14.4 Å². The van der Waals surface area contributed by atoms with Gasteiger partial charge in [0.15, 0.2) is 0 Å². The van der Waals surface area contributed by atoms with E-state index in [9.17, 15) is 14.4 Å². The number of amides is 1. The standard InChI is InChI=1S/C14H25NO4.3C2H6/c1-9(12(18)19)7-11(17)15-14(5,6)8-13(3,4)10(2)16;3*1-2/h9H,7-8H2,1-6H3,(H,15,17)(H,18,19);3*1-2H3. The molecule has 0 saturated heterocycles. The lowest BCUT2D eigenvalue weighted by Gasteiger charge is -2.34. The molecule has 0 aliphatic rings. The molecule has 0 aromatic carbocycles. The predicted molar refractivity (Wildman–Crippen MR) is 107 cm³/mol. The first kappa shape index (κ1) is 31.4. The van der Waals surface area contributed by atoms with Crippen molar-refractivity contribution in [1.29, 1.82) is 0 Å². The highest BCUT2D eigenvalue weighted by Gasteiger charge is 2.33. The summed E-state index contributed by atoms with van der Waals surface area (Å²) in [6.07, 6.45) is 0.446. The van der Waals surface area contributed by atoms with Crippen molar-refractivity contribution in [3.63, 3.8) is 0 Å². The number of aliphatic carboxylic acids is 1. The van der Waals surface area contributed by atoms with Crippen LogP contribution in [0.3, 0.4) is 0 Å². The molecule has 5 nitrogen and oxygen atoms in total. The topological polar surface area (TPSA) is 83.5 Å². The van der Waals surface area contributed by atoms with Gasteiger partial charge in [0.05, 0.1) is 5.92 Å². The Morgan fingerprint density at radius 1 is 0.920 bits per heavy atom. The molecule has 0 rings (SSSR count). The van der Waals surface area contributed by atoms with Crippen molar-refractivity contribution in [3.8, 4) is 0 Å². The Kier molecular flexibility index (Phi) is 20.2. The largest absolute Gasteiger partial charge is 0.481 e. The van der Waals surface area contributed by atoms with Gasteiger partial charge in [0.1, 0.15) is 5.78 Å². The zero-order chi connectivity index (χ0) is 21.4.